The van der Waals surface area contributed by atoms with Gasteiger partial charge in [-0.2, -0.15) is 0 Å². The highest BCUT2D eigenvalue weighted by molar-refractivity contribution is 7.56. The number of benzene rings is 4. The predicted molar refractivity (Wildman–Crippen MR) is 133 cm³/mol. The summed E-state index contributed by atoms with van der Waals surface area (Å²) in [6.07, 6.45) is 0. The van der Waals surface area contributed by atoms with E-state index in [0.29, 0.717) is 11.3 Å². The zero-order chi connectivity index (χ0) is 23.2. The lowest BCUT2D eigenvalue weighted by Crippen LogP contribution is -2.11. The SMILES string of the molecule is COC(=O)c1ccccc1-c1ccccc1OP(Oc1ccc(C)cc1C)c1ccccc1. The number of aryl methyl sites for hydroxylation is 2. The Balaban J connectivity index is 1.75. The molecule has 4 rings (SSSR count). The minimum absolute atomic E-state index is 0.391. The van der Waals surface area contributed by atoms with Gasteiger partial charge in [0.2, 0.25) is 0 Å². The van der Waals surface area contributed by atoms with Crippen molar-refractivity contribution < 1.29 is 18.6 Å². The highest BCUT2D eigenvalue weighted by Gasteiger charge is 2.22. The molecule has 0 N–H and O–H groups in total. The summed E-state index contributed by atoms with van der Waals surface area (Å²) in [5, 5.41) is 0.948. The summed E-state index contributed by atoms with van der Waals surface area (Å²) in [5.41, 5.74) is 4.25. The van der Waals surface area contributed by atoms with Crippen LogP contribution in [-0.2, 0) is 4.74 Å². The van der Waals surface area contributed by atoms with Crippen LogP contribution >= 0.6 is 8.38 Å². The van der Waals surface area contributed by atoms with Gasteiger partial charge in [0.15, 0.2) is 0 Å². The van der Waals surface area contributed by atoms with Crippen LogP contribution in [0.2, 0.25) is 0 Å². The third kappa shape index (κ3) is 5.24. The van der Waals surface area contributed by atoms with Gasteiger partial charge in [0.1, 0.15) is 11.5 Å². The molecule has 5 heteroatoms. The van der Waals surface area contributed by atoms with Crippen molar-refractivity contribution in [1.82, 2.24) is 0 Å². The van der Waals surface area contributed by atoms with Crippen molar-refractivity contribution in [2.75, 3.05) is 7.11 Å². The monoisotopic (exact) mass is 456 g/mol. The molecule has 4 aromatic rings. The van der Waals surface area contributed by atoms with E-state index >= 15 is 0 Å². The predicted octanol–water partition coefficient (Wildman–Crippen LogP) is 6.85. The summed E-state index contributed by atoms with van der Waals surface area (Å²) in [7, 11) is -0.103. The zero-order valence-corrected chi connectivity index (χ0v) is 19.7. The summed E-state index contributed by atoms with van der Waals surface area (Å²) in [5.74, 6) is 1.02. The van der Waals surface area contributed by atoms with Crippen molar-refractivity contribution in [2.24, 2.45) is 0 Å². The van der Waals surface area contributed by atoms with Crippen LogP contribution in [0.25, 0.3) is 11.1 Å². The maximum atomic E-state index is 12.4. The average Bonchev–Trinajstić information content (AvgIpc) is 2.85. The van der Waals surface area contributed by atoms with Crippen molar-refractivity contribution >= 4 is 19.6 Å². The van der Waals surface area contributed by atoms with Crippen LogP contribution in [-0.4, -0.2) is 13.1 Å². The molecular weight excluding hydrogens is 431 g/mol. The first-order valence-electron chi connectivity index (χ1n) is 10.6. The standard InChI is InChI=1S/C28H25O4P/c1-20-17-18-26(21(2)19-20)31-33(22-11-5-4-6-12-22)32-27-16-10-9-14-24(27)23-13-7-8-15-25(23)28(29)30-3/h4-19H,1-3H3. The summed E-state index contributed by atoms with van der Waals surface area (Å²) in [6.45, 7) is 4.09. The molecule has 4 aromatic carbocycles. The number of carbonyl (C=O) groups is 1. The normalized spacial score (nSPS) is 11.5. The van der Waals surface area contributed by atoms with Crippen LogP contribution in [0.5, 0.6) is 11.5 Å². The summed E-state index contributed by atoms with van der Waals surface area (Å²) in [4.78, 5) is 12.4. The van der Waals surface area contributed by atoms with Gasteiger partial charge < -0.3 is 13.8 Å². The minimum Gasteiger partial charge on any atom is -0.465 e. The molecule has 0 aliphatic heterocycles. The number of hydrogen-bond acceptors (Lipinski definition) is 4. The molecule has 0 fully saturated rings. The maximum Gasteiger partial charge on any atom is 0.338 e. The van der Waals surface area contributed by atoms with E-state index in [9.17, 15) is 4.79 Å². The fourth-order valence-corrected chi connectivity index (χ4v) is 4.91. The molecule has 0 saturated heterocycles. The number of methoxy groups -OCH3 is 1. The van der Waals surface area contributed by atoms with E-state index in [1.54, 1.807) is 6.07 Å². The van der Waals surface area contributed by atoms with E-state index < -0.39 is 14.3 Å². The van der Waals surface area contributed by atoms with Crippen LogP contribution in [0.3, 0.4) is 0 Å². The molecule has 0 amide bonds. The number of hydrogen-bond donors (Lipinski definition) is 0. The Bertz CT molecular complexity index is 1250. The van der Waals surface area contributed by atoms with Gasteiger partial charge in [0.05, 0.1) is 18.0 Å². The lowest BCUT2D eigenvalue weighted by Gasteiger charge is -2.22. The third-order valence-corrected chi connectivity index (χ3v) is 6.61. The van der Waals surface area contributed by atoms with Crippen molar-refractivity contribution in [2.45, 2.75) is 13.8 Å². The summed E-state index contributed by atoms with van der Waals surface area (Å²) < 4.78 is 18.0. The molecule has 0 aromatic heterocycles. The highest BCUT2D eigenvalue weighted by atomic mass is 31.2. The number of ether oxygens (including phenoxy) is 1. The Morgan fingerprint density at radius 1 is 0.697 bits per heavy atom. The van der Waals surface area contributed by atoms with Gasteiger partial charge in [0, 0.05) is 5.56 Å². The van der Waals surface area contributed by atoms with Crippen LogP contribution in [0.4, 0.5) is 0 Å². The Hall–Kier alpha value is -3.62. The first-order chi connectivity index (χ1) is 16.1. The van der Waals surface area contributed by atoms with Gasteiger partial charge >= 0.3 is 14.3 Å². The number of carbonyl (C=O) groups excluding carboxylic acids is 1. The molecule has 0 aliphatic carbocycles. The number of esters is 1. The van der Waals surface area contributed by atoms with E-state index in [-0.39, 0.29) is 0 Å². The van der Waals surface area contributed by atoms with Crippen molar-refractivity contribution in [1.29, 1.82) is 0 Å². The van der Waals surface area contributed by atoms with Crippen LogP contribution in [0.1, 0.15) is 21.5 Å². The fourth-order valence-electron chi connectivity index (χ4n) is 3.53. The summed E-state index contributed by atoms with van der Waals surface area (Å²) >= 11 is 0. The molecule has 0 radical (unpaired) electrons. The Morgan fingerprint density at radius 2 is 1.33 bits per heavy atom. The van der Waals surface area contributed by atoms with Crippen LogP contribution < -0.4 is 14.4 Å². The zero-order valence-electron chi connectivity index (χ0n) is 18.8. The summed E-state index contributed by atoms with van der Waals surface area (Å²) in [6, 6.07) is 31.0. The fraction of sp³-hybridized carbons (Fsp3) is 0.107. The number of rotatable bonds is 7. The van der Waals surface area contributed by atoms with Gasteiger partial charge in [-0.15, -0.1) is 0 Å². The van der Waals surface area contributed by atoms with Gasteiger partial charge in [-0.25, -0.2) is 4.79 Å². The molecule has 1 unspecified atom stereocenters. The topological polar surface area (TPSA) is 44.8 Å². The Labute approximate surface area is 195 Å². The molecule has 0 bridgehead atoms. The third-order valence-electron chi connectivity index (χ3n) is 5.17. The van der Waals surface area contributed by atoms with Crippen LogP contribution in [0, 0.1) is 13.8 Å². The van der Waals surface area contributed by atoms with E-state index in [0.717, 1.165) is 27.7 Å². The first kappa shape index (κ1) is 22.6. The Kier molecular flexibility index (Phi) is 7.07. The molecule has 0 aliphatic rings. The van der Waals surface area contributed by atoms with E-state index in [1.807, 2.05) is 91.9 Å². The van der Waals surface area contributed by atoms with E-state index in [1.165, 1.54) is 12.7 Å². The average molecular weight is 456 g/mol. The lowest BCUT2D eigenvalue weighted by molar-refractivity contribution is 0.0601. The number of para-hydroxylation sites is 1. The van der Waals surface area contributed by atoms with Gasteiger partial charge in [-0.3, -0.25) is 0 Å². The largest absolute Gasteiger partial charge is 0.465 e. The minimum atomic E-state index is -1.49. The second-order valence-electron chi connectivity index (χ2n) is 7.58. The van der Waals surface area contributed by atoms with Crippen LogP contribution in [0.15, 0.2) is 97.1 Å². The molecular formula is C28H25O4P. The van der Waals surface area contributed by atoms with Crippen molar-refractivity contribution in [3.8, 4) is 22.6 Å². The molecule has 0 spiro atoms. The quantitative estimate of drug-likeness (QED) is 0.225. The molecule has 4 nitrogen and oxygen atoms in total. The van der Waals surface area contributed by atoms with E-state index in [2.05, 4.69) is 13.0 Å². The van der Waals surface area contributed by atoms with E-state index in [4.69, 9.17) is 13.8 Å². The molecule has 0 heterocycles. The molecule has 33 heavy (non-hydrogen) atoms. The van der Waals surface area contributed by atoms with Crippen molar-refractivity contribution in [3.05, 3.63) is 114 Å². The first-order valence-corrected chi connectivity index (χ1v) is 11.8. The smallest absolute Gasteiger partial charge is 0.338 e. The van der Waals surface area contributed by atoms with Crippen molar-refractivity contribution in [3.63, 3.8) is 0 Å². The van der Waals surface area contributed by atoms with Gasteiger partial charge in [0.25, 0.3) is 0 Å². The molecule has 0 saturated carbocycles. The van der Waals surface area contributed by atoms with Gasteiger partial charge in [-0.05, 0) is 55.3 Å². The Morgan fingerprint density at radius 3 is 2.06 bits per heavy atom. The highest BCUT2D eigenvalue weighted by Crippen LogP contribution is 2.44. The molecule has 166 valence electrons. The lowest BCUT2D eigenvalue weighted by atomic mass is 9.99. The van der Waals surface area contributed by atoms with Gasteiger partial charge in [-0.1, -0.05) is 72.3 Å². The second kappa shape index (κ2) is 10.3. The maximum absolute atomic E-state index is 12.4. The molecule has 1 atom stereocenters. The second-order valence-corrected chi connectivity index (χ2v) is 8.97.